The van der Waals surface area contributed by atoms with Crippen molar-refractivity contribution in [1.29, 1.82) is 0 Å². The van der Waals surface area contributed by atoms with Crippen molar-refractivity contribution < 1.29 is 27.8 Å². The van der Waals surface area contributed by atoms with Gasteiger partial charge in [0.1, 0.15) is 18.0 Å². The van der Waals surface area contributed by atoms with Crippen molar-refractivity contribution in [2.45, 2.75) is 57.6 Å². The van der Waals surface area contributed by atoms with Gasteiger partial charge in [0.25, 0.3) is 5.91 Å². The number of ketones is 1. The Morgan fingerprint density at radius 2 is 2.04 bits per heavy atom. The van der Waals surface area contributed by atoms with Gasteiger partial charge in [0, 0.05) is 13.5 Å². The van der Waals surface area contributed by atoms with E-state index < -0.39 is 47.4 Å². The normalized spacial score (nSPS) is 16.2. The summed E-state index contributed by atoms with van der Waals surface area (Å²) >= 11 is 0. The molecule has 1 aliphatic carbocycles. The summed E-state index contributed by atoms with van der Waals surface area (Å²) in [5.41, 5.74) is 4.35. The molecule has 0 heterocycles. The number of halogens is 2. The highest BCUT2D eigenvalue weighted by molar-refractivity contribution is 5.92. The Kier molecular flexibility index (Phi) is 8.87. The molecule has 6 nitrogen and oxygen atoms in total. The smallest absolute Gasteiger partial charge is 0.252 e. The lowest BCUT2D eigenvalue weighted by Crippen LogP contribution is -2.51. The molecular weight excluding hydrogens is 346 g/mol. The molecule has 8 heteroatoms. The first-order chi connectivity index (χ1) is 12.2. The summed E-state index contributed by atoms with van der Waals surface area (Å²) in [4.78, 5) is 24.7. The van der Waals surface area contributed by atoms with Gasteiger partial charge in [0.15, 0.2) is 17.4 Å². The van der Waals surface area contributed by atoms with Crippen LogP contribution in [0, 0.1) is 0 Å². The molecular formula is C18H28F2N2O4. The minimum atomic E-state index is -1.11. The minimum absolute atomic E-state index is 0.0373. The summed E-state index contributed by atoms with van der Waals surface area (Å²) in [7, 11) is 1.39. The zero-order valence-corrected chi connectivity index (χ0v) is 15.6. The number of nitrogens with one attached hydrogen (secondary N) is 1. The lowest BCUT2D eigenvalue weighted by atomic mass is 10.0. The first-order valence-electron chi connectivity index (χ1n) is 8.69. The van der Waals surface area contributed by atoms with Crippen LogP contribution in [0.2, 0.25) is 0 Å². The van der Waals surface area contributed by atoms with Gasteiger partial charge in [-0.2, -0.15) is 0 Å². The van der Waals surface area contributed by atoms with Crippen LogP contribution in [0.4, 0.5) is 8.78 Å². The fourth-order valence-corrected chi connectivity index (χ4v) is 2.28. The number of nitrogens with two attached hydrogens (primary N) is 1. The Bertz CT molecular complexity index is 574. The average Bonchev–Trinajstić information content (AvgIpc) is 2.60. The van der Waals surface area contributed by atoms with Gasteiger partial charge in [-0.15, -0.1) is 0 Å². The Morgan fingerprint density at radius 1 is 1.35 bits per heavy atom. The van der Waals surface area contributed by atoms with Crippen LogP contribution in [0.5, 0.6) is 0 Å². The third kappa shape index (κ3) is 6.49. The molecule has 148 valence electrons. The lowest BCUT2D eigenvalue weighted by Gasteiger charge is -2.26. The predicted molar refractivity (Wildman–Crippen MR) is 93.4 cm³/mol. The van der Waals surface area contributed by atoms with E-state index in [0.29, 0.717) is 25.8 Å². The Labute approximate surface area is 152 Å². The summed E-state index contributed by atoms with van der Waals surface area (Å²) in [5, 5.41) is 2.62. The Morgan fingerprint density at radius 3 is 2.62 bits per heavy atom. The summed E-state index contributed by atoms with van der Waals surface area (Å²) in [6.45, 7) is 3.07. The van der Waals surface area contributed by atoms with Gasteiger partial charge in [-0.3, -0.25) is 9.59 Å². The number of allylic oxidation sites excluding steroid dienone is 3. The maximum absolute atomic E-state index is 13.7. The van der Waals surface area contributed by atoms with Crippen LogP contribution in [-0.4, -0.2) is 43.6 Å². The number of carbonyl (C=O) groups excluding carboxylic acids is 2. The fraction of sp³-hybridized carbons (Fsp3) is 0.667. The number of hydrogen-bond donors (Lipinski definition) is 2. The second-order valence-electron chi connectivity index (χ2n) is 6.60. The molecule has 1 amide bonds. The molecule has 0 aliphatic heterocycles. The Hall–Kier alpha value is -1.80. The molecule has 0 aromatic carbocycles. The zero-order valence-electron chi connectivity index (χ0n) is 15.6. The van der Waals surface area contributed by atoms with Gasteiger partial charge < -0.3 is 20.5 Å². The van der Waals surface area contributed by atoms with E-state index in [2.05, 4.69) is 5.32 Å². The second-order valence-corrected chi connectivity index (χ2v) is 6.60. The van der Waals surface area contributed by atoms with Gasteiger partial charge >= 0.3 is 0 Å². The van der Waals surface area contributed by atoms with E-state index in [1.165, 1.54) is 13.2 Å². The van der Waals surface area contributed by atoms with Crippen molar-refractivity contribution in [3.8, 4) is 0 Å². The van der Waals surface area contributed by atoms with Crippen LogP contribution in [-0.2, 0) is 19.1 Å². The number of unbranched alkanes of at least 4 members (excludes halogenated alkanes) is 1. The fourth-order valence-electron chi connectivity index (χ4n) is 2.28. The van der Waals surface area contributed by atoms with Gasteiger partial charge in [-0.05, 0) is 52.2 Å². The largest absolute Gasteiger partial charge is 0.480 e. The molecule has 1 unspecified atom stereocenters. The van der Waals surface area contributed by atoms with E-state index in [9.17, 15) is 18.4 Å². The van der Waals surface area contributed by atoms with E-state index in [1.807, 2.05) is 0 Å². The summed E-state index contributed by atoms with van der Waals surface area (Å²) in [6, 6.07) is -0.845. The van der Waals surface area contributed by atoms with Crippen molar-refractivity contribution in [1.82, 2.24) is 5.32 Å². The summed E-state index contributed by atoms with van der Waals surface area (Å²) in [6.07, 6.45) is 3.16. The maximum atomic E-state index is 13.7. The number of hydrogen-bond acceptors (Lipinski definition) is 5. The van der Waals surface area contributed by atoms with Crippen LogP contribution in [0.1, 0.15) is 46.0 Å². The molecule has 3 N–H and O–H groups in total. The Balaban J connectivity index is 2.74. The summed E-state index contributed by atoms with van der Waals surface area (Å²) in [5.74, 6) is -3.00. The van der Waals surface area contributed by atoms with Crippen molar-refractivity contribution in [2.75, 3.05) is 20.3 Å². The number of methoxy groups -OCH3 is 1. The lowest BCUT2D eigenvalue weighted by molar-refractivity contribution is -0.142. The molecule has 0 bridgehead atoms. The third-order valence-corrected chi connectivity index (χ3v) is 4.21. The van der Waals surface area contributed by atoms with E-state index in [-0.39, 0.29) is 12.8 Å². The highest BCUT2D eigenvalue weighted by Gasteiger charge is 2.31. The van der Waals surface area contributed by atoms with Crippen LogP contribution in [0.3, 0.4) is 0 Å². The molecule has 0 saturated heterocycles. The number of rotatable bonds is 11. The third-order valence-electron chi connectivity index (χ3n) is 4.21. The number of amides is 1. The molecule has 1 rings (SSSR count). The van der Waals surface area contributed by atoms with Crippen LogP contribution >= 0.6 is 0 Å². The van der Waals surface area contributed by atoms with E-state index in [1.54, 1.807) is 13.8 Å². The van der Waals surface area contributed by atoms with Crippen LogP contribution < -0.4 is 11.1 Å². The average molecular weight is 374 g/mol. The number of carbonyl (C=O) groups is 2. The molecule has 0 spiro atoms. The standard InChI is InChI=1S/C18H28F2N2O4/c1-18(2,25-3)17(24)22-14(9-4-5-10-21)15(23)11-26-16-12(19)7-6-8-13(16)20/h7,14H,4-6,8-11,21H2,1-3H3,(H,22,24). The number of Topliss-reactive ketones (excluding diaryl/α,β-unsaturated/α-hetero) is 1. The van der Waals surface area contributed by atoms with E-state index in [4.69, 9.17) is 15.2 Å². The molecule has 0 aromatic heterocycles. The van der Waals surface area contributed by atoms with Gasteiger partial charge in [-0.1, -0.05) is 0 Å². The first kappa shape index (κ1) is 22.2. The van der Waals surface area contributed by atoms with Gasteiger partial charge in [0.05, 0.1) is 6.04 Å². The predicted octanol–water partition coefficient (Wildman–Crippen LogP) is 2.44. The van der Waals surface area contributed by atoms with Crippen LogP contribution in [0.15, 0.2) is 23.5 Å². The molecule has 0 radical (unpaired) electrons. The highest BCUT2D eigenvalue weighted by Crippen LogP contribution is 2.27. The van der Waals surface area contributed by atoms with Crippen LogP contribution in [0.25, 0.3) is 0 Å². The van der Waals surface area contributed by atoms with E-state index >= 15 is 0 Å². The number of ether oxygens (including phenoxy) is 2. The quantitative estimate of drug-likeness (QED) is 0.542. The molecule has 0 aromatic rings. The highest BCUT2D eigenvalue weighted by atomic mass is 19.1. The van der Waals surface area contributed by atoms with Crippen molar-refractivity contribution >= 4 is 11.7 Å². The van der Waals surface area contributed by atoms with Gasteiger partial charge in [0.2, 0.25) is 0 Å². The topological polar surface area (TPSA) is 90.6 Å². The second kappa shape index (κ2) is 10.4. The maximum Gasteiger partial charge on any atom is 0.252 e. The zero-order chi connectivity index (χ0) is 19.7. The van der Waals surface area contributed by atoms with E-state index in [0.717, 1.165) is 0 Å². The molecule has 1 aliphatic rings. The molecule has 1 atom stereocenters. The summed E-state index contributed by atoms with van der Waals surface area (Å²) < 4.78 is 37.5. The minimum Gasteiger partial charge on any atom is -0.480 e. The SMILES string of the molecule is COC(C)(C)C(=O)NC(CCCCN)C(=O)COC1=C(F)CCC=C1F. The van der Waals surface area contributed by atoms with Crippen molar-refractivity contribution in [3.63, 3.8) is 0 Å². The van der Waals surface area contributed by atoms with Crippen molar-refractivity contribution in [2.24, 2.45) is 5.73 Å². The monoisotopic (exact) mass is 374 g/mol. The molecule has 0 saturated carbocycles. The molecule has 26 heavy (non-hydrogen) atoms. The van der Waals surface area contributed by atoms with Crippen molar-refractivity contribution in [3.05, 3.63) is 23.5 Å². The first-order valence-corrected chi connectivity index (χ1v) is 8.69. The van der Waals surface area contributed by atoms with Gasteiger partial charge in [-0.25, -0.2) is 8.78 Å². The molecule has 0 fully saturated rings.